The van der Waals surface area contributed by atoms with Gasteiger partial charge in [0, 0.05) is 0 Å². The molecule has 2 aromatic carbocycles. The molecule has 90 valence electrons. The fourth-order valence-corrected chi connectivity index (χ4v) is 1.60. The zero-order valence-electron chi connectivity index (χ0n) is 9.77. The maximum absolute atomic E-state index is 13.6. The molecule has 0 aliphatic carbocycles. The smallest absolute Gasteiger partial charge is 0.165 e. The van der Waals surface area contributed by atoms with Gasteiger partial charge in [0.05, 0.1) is 12.5 Å². The Balaban J connectivity index is 2.04. The summed E-state index contributed by atoms with van der Waals surface area (Å²) in [4.78, 5) is 0. The van der Waals surface area contributed by atoms with E-state index in [1.807, 2.05) is 36.4 Å². The quantitative estimate of drug-likeness (QED) is 0.821. The van der Waals surface area contributed by atoms with Crippen LogP contribution in [0.25, 0.3) is 0 Å². The summed E-state index contributed by atoms with van der Waals surface area (Å²) in [7, 11) is 0. The number of ether oxygens (including phenoxy) is 1. The Morgan fingerprint density at radius 2 is 1.83 bits per heavy atom. The van der Waals surface area contributed by atoms with Crippen molar-refractivity contribution in [2.75, 3.05) is 0 Å². The third kappa shape index (κ3) is 3.08. The first-order valence-electron chi connectivity index (χ1n) is 5.61. The van der Waals surface area contributed by atoms with E-state index in [0.29, 0.717) is 12.2 Å². The molecule has 0 aliphatic heterocycles. The first kappa shape index (κ1) is 12.1. The zero-order valence-corrected chi connectivity index (χ0v) is 9.77. The summed E-state index contributed by atoms with van der Waals surface area (Å²) < 4.78 is 19.0. The van der Waals surface area contributed by atoms with E-state index in [1.54, 1.807) is 12.1 Å². The van der Waals surface area contributed by atoms with Gasteiger partial charge in [0.25, 0.3) is 0 Å². The fourth-order valence-electron chi connectivity index (χ4n) is 1.60. The third-order valence-electron chi connectivity index (χ3n) is 2.52. The van der Waals surface area contributed by atoms with E-state index in [2.05, 4.69) is 0 Å². The van der Waals surface area contributed by atoms with Crippen molar-refractivity contribution >= 4 is 0 Å². The van der Waals surface area contributed by atoms with Crippen molar-refractivity contribution in [3.63, 3.8) is 0 Å². The Bertz CT molecular complexity index is 560. The minimum absolute atomic E-state index is 0.204. The molecule has 2 nitrogen and oxygen atoms in total. The lowest BCUT2D eigenvalue weighted by atomic mass is 10.1. The summed E-state index contributed by atoms with van der Waals surface area (Å²) >= 11 is 0. The van der Waals surface area contributed by atoms with Crippen molar-refractivity contribution in [2.45, 2.75) is 13.0 Å². The molecule has 3 heteroatoms. The van der Waals surface area contributed by atoms with Crippen LogP contribution in [0.4, 0.5) is 4.39 Å². The Morgan fingerprint density at radius 1 is 1.06 bits per heavy atom. The van der Waals surface area contributed by atoms with Gasteiger partial charge in [-0.05, 0) is 23.3 Å². The minimum Gasteiger partial charge on any atom is -0.486 e. The van der Waals surface area contributed by atoms with Gasteiger partial charge in [0.15, 0.2) is 11.6 Å². The molecule has 0 unspecified atom stereocenters. The van der Waals surface area contributed by atoms with E-state index in [9.17, 15) is 4.39 Å². The summed E-state index contributed by atoms with van der Waals surface area (Å²) in [5.41, 5.74) is 1.64. The molecule has 0 amide bonds. The molecule has 0 saturated heterocycles. The average Bonchev–Trinajstić information content (AvgIpc) is 2.39. The van der Waals surface area contributed by atoms with E-state index in [-0.39, 0.29) is 12.2 Å². The van der Waals surface area contributed by atoms with Gasteiger partial charge in [0.1, 0.15) is 6.61 Å². The van der Waals surface area contributed by atoms with E-state index < -0.39 is 5.82 Å². The summed E-state index contributed by atoms with van der Waals surface area (Å²) in [6.07, 6.45) is 0.204. The average molecular weight is 241 g/mol. The van der Waals surface area contributed by atoms with Gasteiger partial charge in [-0.2, -0.15) is 5.26 Å². The molecule has 0 N–H and O–H groups in total. The van der Waals surface area contributed by atoms with Crippen molar-refractivity contribution in [3.8, 4) is 11.8 Å². The second-order valence-electron chi connectivity index (χ2n) is 3.87. The van der Waals surface area contributed by atoms with E-state index >= 15 is 0 Å². The third-order valence-corrected chi connectivity index (χ3v) is 2.52. The molecular weight excluding hydrogens is 229 g/mol. The highest BCUT2D eigenvalue weighted by molar-refractivity contribution is 5.31. The molecule has 0 spiro atoms. The summed E-state index contributed by atoms with van der Waals surface area (Å²) in [6, 6.07) is 16.1. The number of benzene rings is 2. The fraction of sp³-hybridized carbons (Fsp3) is 0.133. The molecule has 0 saturated carbocycles. The lowest BCUT2D eigenvalue weighted by Crippen LogP contribution is -1.97. The van der Waals surface area contributed by atoms with Crippen LogP contribution in [0.1, 0.15) is 11.1 Å². The molecule has 0 atom stereocenters. The molecule has 2 aromatic rings. The van der Waals surface area contributed by atoms with E-state index in [4.69, 9.17) is 10.00 Å². The van der Waals surface area contributed by atoms with Gasteiger partial charge in [-0.3, -0.25) is 0 Å². The van der Waals surface area contributed by atoms with Crippen LogP contribution in [0.5, 0.6) is 5.75 Å². The van der Waals surface area contributed by atoms with E-state index in [0.717, 1.165) is 5.56 Å². The number of nitriles is 1. The highest BCUT2D eigenvalue weighted by atomic mass is 19.1. The van der Waals surface area contributed by atoms with Crippen LogP contribution < -0.4 is 4.74 Å². The lowest BCUT2D eigenvalue weighted by molar-refractivity contribution is 0.290. The van der Waals surface area contributed by atoms with Crippen LogP contribution in [0.3, 0.4) is 0 Å². The van der Waals surface area contributed by atoms with Gasteiger partial charge in [-0.15, -0.1) is 0 Å². The normalized spacial score (nSPS) is 9.78. The topological polar surface area (TPSA) is 33.0 Å². The van der Waals surface area contributed by atoms with E-state index in [1.165, 1.54) is 6.07 Å². The molecule has 0 fully saturated rings. The maximum atomic E-state index is 13.6. The van der Waals surface area contributed by atoms with Crippen molar-refractivity contribution in [3.05, 3.63) is 65.5 Å². The van der Waals surface area contributed by atoms with Crippen LogP contribution in [0.2, 0.25) is 0 Å². The second kappa shape index (κ2) is 5.83. The molecule has 0 aromatic heterocycles. The Labute approximate surface area is 105 Å². The summed E-state index contributed by atoms with van der Waals surface area (Å²) in [6.45, 7) is 0.329. The number of nitrogens with zero attached hydrogens (tertiary/aromatic N) is 1. The molecule has 0 radical (unpaired) electrons. The van der Waals surface area contributed by atoms with Crippen LogP contribution in [-0.2, 0) is 13.0 Å². The molecular formula is C15H12FNO. The minimum atomic E-state index is -0.432. The standard InChI is InChI=1S/C15H12FNO/c16-14-10-12(8-9-17)6-7-15(14)18-11-13-4-2-1-3-5-13/h1-7,10H,8,11H2. The summed E-state index contributed by atoms with van der Waals surface area (Å²) in [5, 5.41) is 8.53. The second-order valence-corrected chi connectivity index (χ2v) is 3.87. The molecule has 0 heterocycles. The van der Waals surface area contributed by atoms with Gasteiger partial charge in [0.2, 0.25) is 0 Å². The Morgan fingerprint density at radius 3 is 2.50 bits per heavy atom. The Kier molecular flexibility index (Phi) is 3.93. The predicted molar refractivity (Wildman–Crippen MR) is 66.5 cm³/mol. The van der Waals surface area contributed by atoms with Crippen LogP contribution in [0.15, 0.2) is 48.5 Å². The predicted octanol–water partition coefficient (Wildman–Crippen LogP) is 3.47. The number of hydrogen-bond acceptors (Lipinski definition) is 2. The van der Waals surface area contributed by atoms with Crippen molar-refractivity contribution in [1.82, 2.24) is 0 Å². The van der Waals surface area contributed by atoms with Crippen molar-refractivity contribution in [2.24, 2.45) is 0 Å². The SMILES string of the molecule is N#CCc1ccc(OCc2ccccc2)c(F)c1. The molecule has 0 aliphatic rings. The maximum Gasteiger partial charge on any atom is 0.165 e. The summed E-state index contributed by atoms with van der Waals surface area (Å²) in [5.74, 6) is -0.223. The zero-order chi connectivity index (χ0) is 12.8. The van der Waals surface area contributed by atoms with Gasteiger partial charge in [-0.1, -0.05) is 36.4 Å². The number of halogens is 1. The van der Waals surface area contributed by atoms with Crippen molar-refractivity contribution < 1.29 is 9.13 Å². The molecule has 0 bridgehead atoms. The molecule has 2 rings (SSSR count). The van der Waals surface area contributed by atoms with Gasteiger partial charge < -0.3 is 4.74 Å². The van der Waals surface area contributed by atoms with Gasteiger partial charge >= 0.3 is 0 Å². The molecule has 18 heavy (non-hydrogen) atoms. The number of rotatable bonds is 4. The number of hydrogen-bond donors (Lipinski definition) is 0. The van der Waals surface area contributed by atoms with Crippen LogP contribution in [-0.4, -0.2) is 0 Å². The van der Waals surface area contributed by atoms with Crippen LogP contribution in [0, 0.1) is 17.1 Å². The monoisotopic (exact) mass is 241 g/mol. The highest BCUT2D eigenvalue weighted by Gasteiger charge is 2.05. The van der Waals surface area contributed by atoms with Crippen molar-refractivity contribution in [1.29, 1.82) is 5.26 Å². The van der Waals surface area contributed by atoms with Crippen LogP contribution >= 0.6 is 0 Å². The lowest BCUT2D eigenvalue weighted by Gasteiger charge is -2.08. The highest BCUT2D eigenvalue weighted by Crippen LogP contribution is 2.19. The first-order chi connectivity index (χ1) is 8.79. The Hall–Kier alpha value is -2.34. The first-order valence-corrected chi connectivity index (χ1v) is 5.61. The largest absolute Gasteiger partial charge is 0.486 e. The van der Waals surface area contributed by atoms with Gasteiger partial charge in [-0.25, -0.2) is 4.39 Å².